The van der Waals surface area contributed by atoms with Crippen LogP contribution in [0.15, 0.2) is 60.9 Å². The van der Waals surface area contributed by atoms with Crippen LogP contribution in [0.5, 0.6) is 0 Å². The van der Waals surface area contributed by atoms with E-state index in [0.717, 1.165) is 54.2 Å². The molecule has 1 saturated heterocycles. The second-order valence-corrected chi connectivity index (χ2v) is 6.93. The molecule has 29 heavy (non-hydrogen) atoms. The molecule has 2 aromatic heterocycles. The fraction of sp³-hybridized carbons (Fsp3) is 0.182. The number of nitrogens with zero attached hydrogens (tertiary/aromatic N) is 3. The Hall–Kier alpha value is -3.45. The zero-order valence-corrected chi connectivity index (χ0v) is 15.7. The van der Waals surface area contributed by atoms with Crippen LogP contribution in [0.1, 0.15) is 0 Å². The van der Waals surface area contributed by atoms with E-state index in [0.29, 0.717) is 5.95 Å². The van der Waals surface area contributed by atoms with Crippen LogP contribution in [0.2, 0.25) is 0 Å². The molecule has 0 bridgehead atoms. The molecule has 4 aromatic rings. The number of morpholine rings is 1. The molecule has 7 heteroatoms. The normalized spacial score (nSPS) is 14.3. The van der Waals surface area contributed by atoms with Gasteiger partial charge in [-0.2, -0.15) is 0 Å². The Morgan fingerprint density at radius 2 is 1.86 bits per heavy atom. The minimum Gasteiger partial charge on any atom is -0.378 e. The third-order valence-corrected chi connectivity index (χ3v) is 5.08. The van der Waals surface area contributed by atoms with Gasteiger partial charge < -0.3 is 19.9 Å². The predicted octanol–water partition coefficient (Wildman–Crippen LogP) is 4.34. The summed E-state index contributed by atoms with van der Waals surface area (Å²) in [5.74, 6) is 0.221. The standard InChI is InChI=1S/C22H20FN5O/c23-15-1-6-20-18(13-15)19(14-25-20)21-7-8-24-22(27-21)26-16-2-4-17(5-3-16)28-9-11-29-12-10-28/h1-8,13-14,25H,9-12H2,(H,24,26,27). The molecule has 0 radical (unpaired) electrons. The van der Waals surface area contributed by atoms with Crippen molar-refractivity contribution in [1.29, 1.82) is 0 Å². The van der Waals surface area contributed by atoms with Crippen molar-refractivity contribution in [3.8, 4) is 11.3 Å². The van der Waals surface area contributed by atoms with Gasteiger partial charge in [0.15, 0.2) is 0 Å². The smallest absolute Gasteiger partial charge is 0.227 e. The lowest BCUT2D eigenvalue weighted by Crippen LogP contribution is -2.36. The first kappa shape index (κ1) is 17.6. The van der Waals surface area contributed by atoms with Gasteiger partial charge in [0.2, 0.25) is 5.95 Å². The Bertz CT molecular complexity index is 1140. The summed E-state index contributed by atoms with van der Waals surface area (Å²) in [5.41, 5.74) is 4.52. The summed E-state index contributed by atoms with van der Waals surface area (Å²) < 4.78 is 19.1. The van der Waals surface area contributed by atoms with Gasteiger partial charge in [-0.1, -0.05) is 0 Å². The Labute approximate surface area is 167 Å². The molecule has 6 nitrogen and oxygen atoms in total. The van der Waals surface area contributed by atoms with E-state index in [1.807, 2.05) is 24.4 Å². The second kappa shape index (κ2) is 7.52. The zero-order chi connectivity index (χ0) is 19.6. The molecule has 2 aromatic carbocycles. The van der Waals surface area contributed by atoms with Crippen molar-refractivity contribution >= 4 is 28.2 Å². The van der Waals surface area contributed by atoms with Crippen molar-refractivity contribution in [2.75, 3.05) is 36.5 Å². The van der Waals surface area contributed by atoms with E-state index >= 15 is 0 Å². The van der Waals surface area contributed by atoms with Crippen molar-refractivity contribution in [3.05, 3.63) is 66.7 Å². The Kier molecular flexibility index (Phi) is 4.57. The largest absolute Gasteiger partial charge is 0.378 e. The fourth-order valence-electron chi connectivity index (χ4n) is 3.58. The van der Waals surface area contributed by atoms with E-state index in [1.54, 1.807) is 12.3 Å². The number of hydrogen-bond acceptors (Lipinski definition) is 5. The van der Waals surface area contributed by atoms with Crippen LogP contribution in [-0.2, 0) is 4.74 Å². The van der Waals surface area contributed by atoms with Crippen LogP contribution < -0.4 is 10.2 Å². The summed E-state index contributed by atoms with van der Waals surface area (Å²) in [6.45, 7) is 3.34. The van der Waals surface area contributed by atoms with Crippen LogP contribution in [-0.4, -0.2) is 41.3 Å². The molecule has 5 rings (SSSR count). The van der Waals surface area contributed by atoms with Crippen LogP contribution in [0.4, 0.5) is 21.7 Å². The van der Waals surface area contributed by atoms with Crippen molar-refractivity contribution in [3.63, 3.8) is 0 Å². The minimum absolute atomic E-state index is 0.272. The van der Waals surface area contributed by atoms with Crippen LogP contribution in [0.3, 0.4) is 0 Å². The first-order valence-electron chi connectivity index (χ1n) is 9.56. The molecule has 0 aliphatic carbocycles. The Balaban J connectivity index is 1.38. The lowest BCUT2D eigenvalue weighted by molar-refractivity contribution is 0.122. The number of rotatable bonds is 4. The molecule has 1 aliphatic rings. The lowest BCUT2D eigenvalue weighted by Gasteiger charge is -2.28. The van der Waals surface area contributed by atoms with E-state index in [4.69, 9.17) is 4.74 Å². The van der Waals surface area contributed by atoms with Crippen molar-refractivity contribution in [1.82, 2.24) is 15.0 Å². The number of fused-ring (bicyclic) bond motifs is 1. The third-order valence-electron chi connectivity index (χ3n) is 5.08. The fourth-order valence-corrected chi connectivity index (χ4v) is 3.58. The van der Waals surface area contributed by atoms with E-state index in [9.17, 15) is 4.39 Å². The number of benzene rings is 2. The first-order chi connectivity index (χ1) is 14.3. The van der Waals surface area contributed by atoms with Crippen molar-refractivity contribution in [2.24, 2.45) is 0 Å². The average molecular weight is 389 g/mol. The number of anilines is 3. The highest BCUT2D eigenvalue weighted by Gasteiger charge is 2.12. The summed E-state index contributed by atoms with van der Waals surface area (Å²) in [4.78, 5) is 14.4. The predicted molar refractivity (Wildman–Crippen MR) is 112 cm³/mol. The summed E-state index contributed by atoms with van der Waals surface area (Å²) in [6, 6.07) is 14.7. The molecule has 1 aliphatic heterocycles. The van der Waals surface area contributed by atoms with Crippen LogP contribution in [0.25, 0.3) is 22.2 Å². The molecule has 1 fully saturated rings. The highest BCUT2D eigenvalue weighted by Crippen LogP contribution is 2.28. The van der Waals surface area contributed by atoms with Crippen LogP contribution in [0, 0.1) is 5.82 Å². The summed E-state index contributed by atoms with van der Waals surface area (Å²) in [5, 5.41) is 4.04. The van der Waals surface area contributed by atoms with Crippen LogP contribution >= 0.6 is 0 Å². The molecule has 146 valence electrons. The molecule has 0 amide bonds. The first-order valence-corrected chi connectivity index (χ1v) is 9.56. The van der Waals surface area contributed by atoms with Gasteiger partial charge in [0, 0.05) is 53.3 Å². The minimum atomic E-state index is -0.272. The number of aromatic amines is 1. The molecule has 2 N–H and O–H groups in total. The van der Waals surface area contributed by atoms with E-state index in [1.165, 1.54) is 17.8 Å². The lowest BCUT2D eigenvalue weighted by atomic mass is 10.1. The van der Waals surface area contributed by atoms with Gasteiger partial charge in [-0.25, -0.2) is 14.4 Å². The average Bonchev–Trinajstić information content (AvgIpc) is 3.18. The maximum absolute atomic E-state index is 13.7. The SMILES string of the molecule is Fc1ccc2[nH]cc(-c3ccnc(Nc4ccc(N5CCOCC5)cc4)n3)c2c1. The number of ether oxygens (including phenoxy) is 1. The number of nitrogens with one attached hydrogen (secondary N) is 2. The maximum atomic E-state index is 13.7. The highest BCUT2D eigenvalue weighted by atomic mass is 19.1. The highest BCUT2D eigenvalue weighted by molar-refractivity contribution is 5.94. The Morgan fingerprint density at radius 3 is 2.69 bits per heavy atom. The number of aromatic nitrogens is 3. The molecule has 0 spiro atoms. The van der Waals surface area contributed by atoms with Gasteiger partial charge in [0.05, 0.1) is 18.9 Å². The van der Waals surface area contributed by atoms with E-state index < -0.39 is 0 Å². The number of hydrogen-bond donors (Lipinski definition) is 2. The topological polar surface area (TPSA) is 66.1 Å². The number of H-pyrrole nitrogens is 1. The van der Waals surface area contributed by atoms with Gasteiger partial charge in [0.1, 0.15) is 5.82 Å². The molecule has 3 heterocycles. The third kappa shape index (κ3) is 3.64. The van der Waals surface area contributed by atoms with Gasteiger partial charge in [-0.05, 0) is 48.5 Å². The summed E-state index contributed by atoms with van der Waals surface area (Å²) in [6.07, 6.45) is 3.54. The summed E-state index contributed by atoms with van der Waals surface area (Å²) in [7, 11) is 0. The van der Waals surface area contributed by atoms with E-state index in [2.05, 4.69) is 37.3 Å². The van der Waals surface area contributed by atoms with Gasteiger partial charge in [-0.15, -0.1) is 0 Å². The number of halogens is 1. The van der Waals surface area contributed by atoms with Gasteiger partial charge in [0.25, 0.3) is 0 Å². The molecule has 0 unspecified atom stereocenters. The monoisotopic (exact) mass is 389 g/mol. The van der Waals surface area contributed by atoms with Gasteiger partial charge in [-0.3, -0.25) is 0 Å². The molecular formula is C22H20FN5O. The van der Waals surface area contributed by atoms with Crippen molar-refractivity contribution < 1.29 is 9.13 Å². The molecular weight excluding hydrogens is 369 g/mol. The van der Waals surface area contributed by atoms with Gasteiger partial charge >= 0.3 is 0 Å². The molecule has 0 atom stereocenters. The van der Waals surface area contributed by atoms with Crippen molar-refractivity contribution in [2.45, 2.75) is 0 Å². The maximum Gasteiger partial charge on any atom is 0.227 e. The van der Waals surface area contributed by atoms with E-state index in [-0.39, 0.29) is 5.82 Å². The quantitative estimate of drug-likeness (QED) is 0.543. The zero-order valence-electron chi connectivity index (χ0n) is 15.7. The summed E-state index contributed by atoms with van der Waals surface area (Å²) >= 11 is 0. The second-order valence-electron chi connectivity index (χ2n) is 6.93. The molecule has 0 saturated carbocycles. The Morgan fingerprint density at radius 1 is 1.03 bits per heavy atom.